The van der Waals surface area contributed by atoms with E-state index in [0.717, 1.165) is 10.9 Å². The van der Waals surface area contributed by atoms with Crippen LogP contribution in [0.4, 0.5) is 0 Å². The molecule has 0 bridgehead atoms. The van der Waals surface area contributed by atoms with Crippen LogP contribution in [0.5, 0.6) is 0 Å². The third kappa shape index (κ3) is 3.36. The molecule has 1 rings (SSSR count). The van der Waals surface area contributed by atoms with E-state index in [4.69, 9.17) is 0 Å². The van der Waals surface area contributed by atoms with Gasteiger partial charge in [-0.1, -0.05) is 15.9 Å². The molecule has 66 valence electrons. The zero-order chi connectivity index (χ0) is 8.81. The number of amides is 1. The predicted molar refractivity (Wildman–Crippen MR) is 54.8 cm³/mol. The predicted octanol–water partition coefficient (Wildman–Crippen LogP) is 1.80. The highest BCUT2D eigenvalue weighted by Crippen LogP contribution is 2.05. The van der Waals surface area contributed by atoms with Gasteiger partial charge in [-0.3, -0.25) is 4.79 Å². The molecule has 1 heterocycles. The van der Waals surface area contributed by atoms with E-state index in [9.17, 15) is 4.79 Å². The summed E-state index contributed by atoms with van der Waals surface area (Å²) in [5, 5.41) is 7.57. The maximum atomic E-state index is 11.1. The van der Waals surface area contributed by atoms with Crippen molar-refractivity contribution in [3.63, 3.8) is 0 Å². The van der Waals surface area contributed by atoms with Crippen LogP contribution < -0.4 is 5.32 Å². The SMILES string of the molecule is O=C(Cc1ccsc1)NCCBr. The topological polar surface area (TPSA) is 29.1 Å². The molecule has 0 saturated heterocycles. The molecule has 0 spiro atoms. The van der Waals surface area contributed by atoms with Gasteiger partial charge < -0.3 is 5.32 Å². The fourth-order valence-electron chi connectivity index (χ4n) is 0.828. The van der Waals surface area contributed by atoms with Crippen molar-refractivity contribution in [3.8, 4) is 0 Å². The lowest BCUT2D eigenvalue weighted by atomic mass is 10.2. The number of carbonyl (C=O) groups is 1. The van der Waals surface area contributed by atoms with E-state index in [-0.39, 0.29) is 5.91 Å². The molecule has 1 aromatic rings. The van der Waals surface area contributed by atoms with Gasteiger partial charge in [0.25, 0.3) is 0 Å². The average Bonchev–Trinajstić information content (AvgIpc) is 2.53. The third-order valence-corrected chi connectivity index (χ3v) is 2.49. The van der Waals surface area contributed by atoms with E-state index in [1.807, 2.05) is 16.8 Å². The number of nitrogens with one attached hydrogen (secondary N) is 1. The number of carbonyl (C=O) groups excluding carboxylic acids is 1. The van der Waals surface area contributed by atoms with Crippen molar-refractivity contribution in [2.24, 2.45) is 0 Å². The van der Waals surface area contributed by atoms with Crippen molar-refractivity contribution < 1.29 is 4.79 Å². The molecular formula is C8H10BrNOS. The molecule has 1 N–H and O–H groups in total. The first-order chi connectivity index (χ1) is 5.83. The Balaban J connectivity index is 2.27. The van der Waals surface area contributed by atoms with Gasteiger partial charge in [0.15, 0.2) is 0 Å². The van der Waals surface area contributed by atoms with Crippen LogP contribution in [0.1, 0.15) is 5.56 Å². The van der Waals surface area contributed by atoms with Gasteiger partial charge >= 0.3 is 0 Å². The number of hydrogen-bond donors (Lipinski definition) is 1. The molecule has 2 nitrogen and oxygen atoms in total. The highest BCUT2D eigenvalue weighted by molar-refractivity contribution is 9.09. The molecule has 1 aromatic heterocycles. The summed E-state index contributed by atoms with van der Waals surface area (Å²) in [7, 11) is 0. The van der Waals surface area contributed by atoms with Crippen LogP contribution in [0.2, 0.25) is 0 Å². The van der Waals surface area contributed by atoms with Crippen LogP contribution in [-0.2, 0) is 11.2 Å². The lowest BCUT2D eigenvalue weighted by Crippen LogP contribution is -2.26. The monoisotopic (exact) mass is 247 g/mol. The zero-order valence-corrected chi connectivity index (χ0v) is 8.95. The number of thiophene rings is 1. The molecule has 0 fully saturated rings. The summed E-state index contributed by atoms with van der Waals surface area (Å²) < 4.78 is 0. The molecule has 0 aromatic carbocycles. The van der Waals surface area contributed by atoms with Crippen LogP contribution in [0.25, 0.3) is 0 Å². The summed E-state index contributed by atoms with van der Waals surface area (Å²) in [6, 6.07) is 1.97. The fourth-order valence-corrected chi connectivity index (χ4v) is 1.69. The van der Waals surface area contributed by atoms with Crippen molar-refractivity contribution in [1.82, 2.24) is 5.32 Å². The van der Waals surface area contributed by atoms with Crippen LogP contribution in [0.3, 0.4) is 0 Å². The average molecular weight is 248 g/mol. The van der Waals surface area contributed by atoms with E-state index in [1.54, 1.807) is 11.3 Å². The Labute approximate surface area is 84.1 Å². The third-order valence-electron chi connectivity index (χ3n) is 1.36. The molecule has 1 amide bonds. The van der Waals surface area contributed by atoms with Gasteiger partial charge in [-0.25, -0.2) is 0 Å². The molecule has 0 radical (unpaired) electrons. The molecule has 0 aliphatic rings. The van der Waals surface area contributed by atoms with E-state index in [1.165, 1.54) is 0 Å². The Bertz CT molecular complexity index is 235. The van der Waals surface area contributed by atoms with E-state index >= 15 is 0 Å². The van der Waals surface area contributed by atoms with Gasteiger partial charge in [0, 0.05) is 11.9 Å². The molecule has 12 heavy (non-hydrogen) atoms. The quantitative estimate of drug-likeness (QED) is 0.809. The van der Waals surface area contributed by atoms with Crippen LogP contribution in [-0.4, -0.2) is 17.8 Å². The van der Waals surface area contributed by atoms with Gasteiger partial charge in [-0.15, -0.1) is 0 Å². The van der Waals surface area contributed by atoms with Gasteiger partial charge in [0.2, 0.25) is 5.91 Å². The smallest absolute Gasteiger partial charge is 0.224 e. The standard InChI is InChI=1S/C8H10BrNOS/c9-2-3-10-8(11)5-7-1-4-12-6-7/h1,4,6H,2-3,5H2,(H,10,11). The summed E-state index contributed by atoms with van der Waals surface area (Å²) in [4.78, 5) is 11.1. The maximum Gasteiger partial charge on any atom is 0.224 e. The molecule has 0 aliphatic heterocycles. The van der Waals surface area contributed by atoms with Gasteiger partial charge in [-0.2, -0.15) is 11.3 Å². The Morgan fingerprint density at radius 3 is 3.08 bits per heavy atom. The Morgan fingerprint density at radius 1 is 1.67 bits per heavy atom. The first-order valence-corrected chi connectivity index (χ1v) is 5.73. The van der Waals surface area contributed by atoms with Gasteiger partial charge in [0.1, 0.15) is 0 Å². The van der Waals surface area contributed by atoms with Crippen LogP contribution in [0.15, 0.2) is 16.8 Å². The second-order valence-corrected chi connectivity index (χ2v) is 3.92. The molecule has 0 unspecified atom stereocenters. The fraction of sp³-hybridized carbons (Fsp3) is 0.375. The van der Waals surface area contributed by atoms with E-state index < -0.39 is 0 Å². The highest BCUT2D eigenvalue weighted by atomic mass is 79.9. The molecule has 0 aliphatic carbocycles. The number of hydrogen-bond acceptors (Lipinski definition) is 2. The van der Waals surface area contributed by atoms with Crippen LogP contribution >= 0.6 is 27.3 Å². The Morgan fingerprint density at radius 2 is 2.50 bits per heavy atom. The van der Waals surface area contributed by atoms with Gasteiger partial charge in [0.05, 0.1) is 6.42 Å². The van der Waals surface area contributed by atoms with Crippen molar-refractivity contribution in [2.45, 2.75) is 6.42 Å². The summed E-state index contributed by atoms with van der Waals surface area (Å²) in [5.74, 6) is 0.0906. The highest BCUT2D eigenvalue weighted by Gasteiger charge is 2.01. The molecule has 0 saturated carbocycles. The van der Waals surface area contributed by atoms with Crippen molar-refractivity contribution in [2.75, 3.05) is 11.9 Å². The van der Waals surface area contributed by atoms with Crippen LogP contribution in [0, 0.1) is 0 Å². The summed E-state index contributed by atoms with van der Waals surface area (Å²) in [6.45, 7) is 0.697. The summed E-state index contributed by atoms with van der Waals surface area (Å²) in [5.41, 5.74) is 1.09. The Hall–Kier alpha value is -0.350. The zero-order valence-electron chi connectivity index (χ0n) is 6.55. The van der Waals surface area contributed by atoms with E-state index in [2.05, 4.69) is 21.2 Å². The maximum absolute atomic E-state index is 11.1. The van der Waals surface area contributed by atoms with Crippen molar-refractivity contribution in [1.29, 1.82) is 0 Å². The number of rotatable bonds is 4. The molecule has 0 atom stereocenters. The first-order valence-electron chi connectivity index (χ1n) is 3.66. The van der Waals surface area contributed by atoms with E-state index in [0.29, 0.717) is 13.0 Å². The summed E-state index contributed by atoms with van der Waals surface area (Å²) >= 11 is 4.86. The van der Waals surface area contributed by atoms with Crippen molar-refractivity contribution in [3.05, 3.63) is 22.4 Å². The lowest BCUT2D eigenvalue weighted by Gasteiger charge is -2.00. The Kier molecular flexibility index (Phi) is 4.32. The number of halogens is 1. The second kappa shape index (κ2) is 5.32. The normalized spacial score (nSPS) is 9.75. The minimum Gasteiger partial charge on any atom is -0.355 e. The summed E-state index contributed by atoms with van der Waals surface area (Å²) in [6.07, 6.45) is 0.497. The first kappa shape index (κ1) is 9.74. The second-order valence-electron chi connectivity index (χ2n) is 2.35. The van der Waals surface area contributed by atoms with Gasteiger partial charge in [-0.05, 0) is 22.4 Å². The largest absolute Gasteiger partial charge is 0.355 e. The van der Waals surface area contributed by atoms with Crippen molar-refractivity contribution >= 4 is 33.2 Å². The number of alkyl halides is 1. The molecular weight excluding hydrogens is 238 g/mol. The minimum absolute atomic E-state index is 0.0906. The minimum atomic E-state index is 0.0906. The lowest BCUT2D eigenvalue weighted by molar-refractivity contribution is -0.120. The molecule has 4 heteroatoms.